The van der Waals surface area contributed by atoms with Crippen molar-refractivity contribution in [1.82, 2.24) is 24.6 Å². The maximum atomic E-state index is 13.5. The lowest BCUT2D eigenvalue weighted by Gasteiger charge is -2.17. The van der Waals surface area contributed by atoms with Crippen LogP contribution in [0.25, 0.3) is 22.2 Å². The van der Waals surface area contributed by atoms with Crippen LogP contribution < -0.4 is 25.9 Å². The summed E-state index contributed by atoms with van der Waals surface area (Å²) >= 11 is 12.8. The average molecular weight is 598 g/mol. The van der Waals surface area contributed by atoms with Gasteiger partial charge in [-0.1, -0.05) is 23.2 Å². The maximum Gasteiger partial charge on any atom is 0.293 e. The van der Waals surface area contributed by atoms with Crippen LogP contribution >= 0.6 is 23.2 Å². The molecule has 0 saturated carbocycles. The maximum absolute atomic E-state index is 13.5. The van der Waals surface area contributed by atoms with Crippen LogP contribution in [0.5, 0.6) is 0 Å². The fourth-order valence-electron chi connectivity index (χ4n) is 4.64. The third-order valence-corrected chi connectivity index (χ3v) is 7.24. The molecule has 0 bridgehead atoms. The molecule has 13 heteroatoms. The number of anilines is 3. The van der Waals surface area contributed by atoms with Crippen LogP contribution in [0, 0.1) is 0 Å². The van der Waals surface area contributed by atoms with Gasteiger partial charge in [0.05, 0.1) is 5.56 Å². The van der Waals surface area contributed by atoms with Crippen molar-refractivity contribution in [1.29, 1.82) is 0 Å². The van der Waals surface area contributed by atoms with Gasteiger partial charge in [-0.2, -0.15) is 4.98 Å². The van der Waals surface area contributed by atoms with Crippen LogP contribution in [0.3, 0.4) is 0 Å². The highest BCUT2D eigenvalue weighted by Crippen LogP contribution is 2.31. The van der Waals surface area contributed by atoms with E-state index in [0.29, 0.717) is 51.2 Å². The van der Waals surface area contributed by atoms with E-state index in [1.54, 1.807) is 36.5 Å². The summed E-state index contributed by atoms with van der Waals surface area (Å²) in [6, 6.07) is 9.85. The van der Waals surface area contributed by atoms with Crippen molar-refractivity contribution in [2.45, 2.75) is 12.8 Å². The van der Waals surface area contributed by atoms with E-state index < -0.39 is 5.56 Å². The normalized spacial score (nSPS) is 13.2. The molecule has 41 heavy (non-hydrogen) atoms. The Morgan fingerprint density at radius 2 is 1.85 bits per heavy atom. The number of hydrogen-bond donors (Lipinski definition) is 2. The second-order valence-electron chi connectivity index (χ2n) is 9.92. The number of halogens is 2. The Labute approximate surface area is 247 Å². The molecule has 1 aromatic carbocycles. The number of carbonyl (C=O) groups excluding carboxylic acids is 1. The van der Waals surface area contributed by atoms with Gasteiger partial charge in [0.25, 0.3) is 11.5 Å². The minimum atomic E-state index is -0.459. The fourth-order valence-corrected chi connectivity index (χ4v) is 5.07. The highest BCUT2D eigenvalue weighted by Gasteiger charge is 2.19. The van der Waals surface area contributed by atoms with Gasteiger partial charge in [0, 0.05) is 59.6 Å². The Morgan fingerprint density at radius 3 is 2.59 bits per heavy atom. The molecule has 3 aromatic heterocycles. The average Bonchev–Trinajstić information content (AvgIpc) is 3.49. The number of nitrogens with zero attached hydrogens (tertiary/aromatic N) is 6. The Morgan fingerprint density at radius 1 is 1.07 bits per heavy atom. The minimum Gasteiger partial charge on any atom is -0.412 e. The molecule has 0 radical (unpaired) electrons. The fraction of sp³-hybridized carbons (Fsp3) is 0.321. The van der Waals surface area contributed by atoms with E-state index in [1.807, 2.05) is 19.0 Å². The molecule has 4 heterocycles. The van der Waals surface area contributed by atoms with E-state index in [1.165, 1.54) is 13.2 Å². The van der Waals surface area contributed by atoms with Gasteiger partial charge in [0.2, 0.25) is 5.95 Å². The molecule has 214 valence electrons. The van der Waals surface area contributed by atoms with Gasteiger partial charge in [-0.05, 0) is 63.3 Å². The van der Waals surface area contributed by atoms with Crippen LogP contribution in [0.15, 0.2) is 47.4 Å². The topological polar surface area (TPSA) is 118 Å². The quantitative estimate of drug-likeness (QED) is 0.276. The third-order valence-electron chi connectivity index (χ3n) is 6.71. The number of pyridine rings is 2. The van der Waals surface area contributed by atoms with Gasteiger partial charge in [-0.25, -0.2) is 9.97 Å². The molecule has 1 fully saturated rings. The van der Waals surface area contributed by atoms with E-state index in [2.05, 4.69) is 30.5 Å². The molecule has 2 N–H and O–H groups in total. The van der Waals surface area contributed by atoms with Crippen LogP contribution in [0.1, 0.15) is 23.2 Å². The molecule has 1 amide bonds. The summed E-state index contributed by atoms with van der Waals surface area (Å²) in [7, 11) is 5.33. The smallest absolute Gasteiger partial charge is 0.293 e. The third kappa shape index (κ3) is 6.37. The van der Waals surface area contributed by atoms with E-state index in [9.17, 15) is 9.59 Å². The van der Waals surface area contributed by atoms with Crippen molar-refractivity contribution >= 4 is 57.6 Å². The van der Waals surface area contributed by atoms with Gasteiger partial charge >= 0.3 is 0 Å². The number of likely N-dealkylation sites (N-methyl/N-ethyl adjacent to an activating group) is 1. The molecule has 1 saturated heterocycles. The van der Waals surface area contributed by atoms with Gasteiger partial charge in [0.1, 0.15) is 18.1 Å². The first kappa shape index (κ1) is 28.6. The van der Waals surface area contributed by atoms with Gasteiger partial charge in [-0.3, -0.25) is 9.59 Å². The molecule has 0 spiro atoms. The van der Waals surface area contributed by atoms with Crippen LogP contribution in [-0.4, -0.2) is 77.9 Å². The second kappa shape index (κ2) is 12.3. The molecule has 0 atom stereocenters. The highest BCUT2D eigenvalue weighted by atomic mass is 35.5. The zero-order chi connectivity index (χ0) is 29.1. The zero-order valence-corrected chi connectivity index (χ0v) is 24.5. The number of fused-ring (bicyclic) bond motifs is 1. The Hall–Kier alpha value is -3.93. The molecule has 5 rings (SSSR count). The summed E-state index contributed by atoms with van der Waals surface area (Å²) in [5.41, 5.74) is 1.36. The van der Waals surface area contributed by atoms with Crippen molar-refractivity contribution in [3.05, 3.63) is 68.7 Å². The number of rotatable bonds is 9. The van der Waals surface area contributed by atoms with Crippen LogP contribution in [-0.2, 0) is 0 Å². The predicted molar refractivity (Wildman–Crippen MR) is 162 cm³/mol. The van der Waals surface area contributed by atoms with Crippen molar-refractivity contribution in [2.75, 3.05) is 62.9 Å². The molecule has 0 aliphatic carbocycles. The lowest BCUT2D eigenvalue weighted by Crippen LogP contribution is -2.28. The summed E-state index contributed by atoms with van der Waals surface area (Å²) < 4.78 is 1.10. The highest BCUT2D eigenvalue weighted by molar-refractivity contribution is 6.33. The summed E-state index contributed by atoms with van der Waals surface area (Å²) in [6.45, 7) is 3.17. The summed E-state index contributed by atoms with van der Waals surface area (Å²) in [5.74, 6) is 0.689. The minimum absolute atomic E-state index is 0.242. The summed E-state index contributed by atoms with van der Waals surface area (Å²) in [5, 5.41) is 7.17. The van der Waals surface area contributed by atoms with E-state index in [4.69, 9.17) is 28.0 Å². The lowest BCUT2D eigenvalue weighted by atomic mass is 10.1. The number of amides is 1. The monoisotopic (exact) mass is 596 g/mol. The lowest BCUT2D eigenvalue weighted by molar-refractivity contribution is 0.102. The number of benzene rings is 1. The second-order valence-corrected chi connectivity index (χ2v) is 10.7. The molecular formula is C28H30Cl2N8O3. The Balaban J connectivity index is 1.45. The standard InChI is InChI=1S/C28H30Cl2N8O3/c1-36(2)11-8-31-28-32-16-18-12-21(27(40)38(41-3)25(18)35-28)20-15-19(6-7-22(20)29)33-26(39)17-13-23(30)34-24(14-17)37-9-4-5-10-37/h6-7,12-16H,4-5,8-11H2,1-3H3,(H,33,39)(H,31,32,35). The largest absolute Gasteiger partial charge is 0.412 e. The number of aromatic nitrogens is 4. The van der Waals surface area contributed by atoms with E-state index in [0.717, 1.165) is 37.2 Å². The first-order chi connectivity index (χ1) is 19.7. The van der Waals surface area contributed by atoms with E-state index in [-0.39, 0.29) is 16.6 Å². The van der Waals surface area contributed by atoms with Crippen LogP contribution in [0.4, 0.5) is 17.5 Å². The molecule has 1 aliphatic heterocycles. The Kier molecular flexibility index (Phi) is 8.57. The number of hydrogen-bond acceptors (Lipinski definition) is 9. The Bertz CT molecular complexity index is 1650. The first-order valence-corrected chi connectivity index (χ1v) is 13.9. The van der Waals surface area contributed by atoms with Crippen molar-refractivity contribution in [3.8, 4) is 11.1 Å². The summed E-state index contributed by atoms with van der Waals surface area (Å²) in [6.07, 6.45) is 3.76. The van der Waals surface area contributed by atoms with Crippen molar-refractivity contribution in [3.63, 3.8) is 0 Å². The molecule has 1 aliphatic rings. The molecule has 0 unspecified atom stereocenters. The summed E-state index contributed by atoms with van der Waals surface area (Å²) in [4.78, 5) is 49.5. The van der Waals surface area contributed by atoms with Gasteiger partial charge < -0.3 is 25.3 Å². The first-order valence-electron chi connectivity index (χ1n) is 13.1. The zero-order valence-electron chi connectivity index (χ0n) is 22.9. The van der Waals surface area contributed by atoms with E-state index >= 15 is 0 Å². The molecule has 11 nitrogen and oxygen atoms in total. The SMILES string of the molecule is COn1c(=O)c(-c2cc(NC(=O)c3cc(Cl)nc(N4CCCC4)c3)ccc2Cl)cc2cnc(NCCN(C)C)nc21. The predicted octanol–water partition coefficient (Wildman–Crippen LogP) is 4.04. The molecular weight excluding hydrogens is 567 g/mol. The van der Waals surface area contributed by atoms with Crippen molar-refractivity contribution < 1.29 is 9.63 Å². The van der Waals surface area contributed by atoms with Gasteiger partial charge in [-0.15, -0.1) is 4.73 Å². The number of nitrogens with one attached hydrogen (secondary N) is 2. The van der Waals surface area contributed by atoms with Crippen LogP contribution in [0.2, 0.25) is 10.2 Å². The van der Waals surface area contributed by atoms with Crippen molar-refractivity contribution in [2.24, 2.45) is 0 Å². The molecule has 4 aromatic rings. The number of carbonyl (C=O) groups is 1. The van der Waals surface area contributed by atoms with Gasteiger partial charge in [0.15, 0.2) is 5.65 Å².